The highest BCUT2D eigenvalue weighted by atomic mass is 32.2. The van der Waals surface area contributed by atoms with E-state index in [-0.39, 0.29) is 10.8 Å². The van der Waals surface area contributed by atoms with Gasteiger partial charge in [-0.25, -0.2) is 18.5 Å². The standard InChI is InChI=1S/C21H26N4O3S2/c1-5-11-25-18-10-9-16(30(22,27)28)12-17(18)23-21(25)29-15(4)20(26)24-19-13(2)7-6-8-14(19)3/h6-10,12,15H,5,11H2,1-4H3,(H,24,26)(H2,22,27,28). The van der Waals surface area contributed by atoms with Crippen molar-refractivity contribution in [3.05, 3.63) is 47.5 Å². The second-order valence-electron chi connectivity index (χ2n) is 7.26. The zero-order chi connectivity index (χ0) is 22.1. The molecule has 3 N–H and O–H groups in total. The van der Waals surface area contributed by atoms with Gasteiger partial charge in [-0.05, 0) is 56.5 Å². The number of anilines is 1. The minimum absolute atomic E-state index is 0.0218. The number of hydrogen-bond donors (Lipinski definition) is 2. The van der Waals surface area contributed by atoms with Crippen LogP contribution in [0.1, 0.15) is 31.4 Å². The van der Waals surface area contributed by atoms with Crippen molar-refractivity contribution >= 4 is 44.4 Å². The first-order valence-corrected chi connectivity index (χ1v) is 12.1. The SMILES string of the molecule is CCCn1c(SC(C)C(=O)Nc2c(C)cccc2C)nc2cc(S(N)(=O)=O)ccc21. The smallest absolute Gasteiger partial charge is 0.238 e. The first-order chi connectivity index (χ1) is 14.1. The Morgan fingerprint density at radius 3 is 2.50 bits per heavy atom. The number of aryl methyl sites for hydroxylation is 3. The van der Waals surface area contributed by atoms with Crippen molar-refractivity contribution in [3.63, 3.8) is 0 Å². The van der Waals surface area contributed by atoms with Gasteiger partial charge in [0.25, 0.3) is 0 Å². The van der Waals surface area contributed by atoms with Crippen molar-refractivity contribution < 1.29 is 13.2 Å². The van der Waals surface area contributed by atoms with Crippen LogP contribution in [0.4, 0.5) is 5.69 Å². The molecule has 0 aliphatic rings. The highest BCUT2D eigenvalue weighted by Crippen LogP contribution is 2.30. The summed E-state index contributed by atoms with van der Waals surface area (Å²) in [5.74, 6) is -0.113. The van der Waals surface area contributed by atoms with Crippen molar-refractivity contribution in [3.8, 4) is 0 Å². The van der Waals surface area contributed by atoms with Gasteiger partial charge in [0.2, 0.25) is 15.9 Å². The lowest BCUT2D eigenvalue weighted by Crippen LogP contribution is -2.23. The summed E-state index contributed by atoms with van der Waals surface area (Å²) in [6.07, 6.45) is 0.874. The summed E-state index contributed by atoms with van der Waals surface area (Å²) in [7, 11) is -3.81. The van der Waals surface area contributed by atoms with Crippen LogP contribution in [-0.2, 0) is 21.4 Å². The van der Waals surface area contributed by atoms with Gasteiger partial charge in [0.15, 0.2) is 5.16 Å². The van der Waals surface area contributed by atoms with Crippen LogP contribution in [0, 0.1) is 13.8 Å². The normalized spacial score (nSPS) is 12.8. The van der Waals surface area contributed by atoms with E-state index in [1.54, 1.807) is 6.07 Å². The van der Waals surface area contributed by atoms with E-state index in [1.807, 2.05) is 43.5 Å². The summed E-state index contributed by atoms with van der Waals surface area (Å²) in [4.78, 5) is 17.4. The largest absolute Gasteiger partial charge is 0.325 e. The highest BCUT2D eigenvalue weighted by molar-refractivity contribution is 8.00. The Kier molecular flexibility index (Phi) is 6.54. The molecule has 1 atom stereocenters. The third-order valence-electron chi connectivity index (χ3n) is 4.84. The van der Waals surface area contributed by atoms with Gasteiger partial charge in [-0.1, -0.05) is 36.9 Å². The molecule has 0 aliphatic heterocycles. The topological polar surface area (TPSA) is 107 Å². The van der Waals surface area contributed by atoms with E-state index < -0.39 is 15.3 Å². The lowest BCUT2D eigenvalue weighted by Gasteiger charge is -2.16. The number of rotatable bonds is 7. The number of thioether (sulfide) groups is 1. The Labute approximate surface area is 181 Å². The van der Waals surface area contributed by atoms with E-state index >= 15 is 0 Å². The minimum Gasteiger partial charge on any atom is -0.325 e. The van der Waals surface area contributed by atoms with Gasteiger partial charge in [-0.3, -0.25) is 4.79 Å². The first-order valence-electron chi connectivity index (χ1n) is 9.68. The number of primary sulfonamides is 1. The number of amides is 1. The van der Waals surface area contributed by atoms with Gasteiger partial charge in [-0.2, -0.15) is 0 Å². The molecule has 0 saturated carbocycles. The van der Waals surface area contributed by atoms with Crippen LogP contribution in [0.15, 0.2) is 46.5 Å². The average molecular weight is 447 g/mol. The van der Waals surface area contributed by atoms with Gasteiger partial charge >= 0.3 is 0 Å². The second kappa shape index (κ2) is 8.79. The van der Waals surface area contributed by atoms with E-state index in [4.69, 9.17) is 5.14 Å². The van der Waals surface area contributed by atoms with Crippen LogP contribution < -0.4 is 10.5 Å². The summed E-state index contributed by atoms with van der Waals surface area (Å²) in [5, 5.41) is 8.54. The fourth-order valence-electron chi connectivity index (χ4n) is 3.24. The van der Waals surface area contributed by atoms with Crippen molar-refractivity contribution in [2.45, 2.75) is 56.0 Å². The van der Waals surface area contributed by atoms with Gasteiger partial charge in [0.1, 0.15) is 0 Å². The molecule has 1 heterocycles. The van der Waals surface area contributed by atoms with E-state index in [2.05, 4.69) is 17.2 Å². The predicted octanol–water partition coefficient (Wildman–Crippen LogP) is 3.83. The fraction of sp³-hybridized carbons (Fsp3) is 0.333. The van der Waals surface area contributed by atoms with E-state index in [1.165, 1.54) is 23.9 Å². The Hall–Kier alpha value is -2.36. The third kappa shape index (κ3) is 4.69. The Balaban J connectivity index is 1.89. The molecule has 3 aromatic rings. The first kappa shape index (κ1) is 22.3. The van der Waals surface area contributed by atoms with Crippen molar-refractivity contribution in [2.24, 2.45) is 5.14 Å². The molecule has 0 fully saturated rings. The van der Waals surface area contributed by atoms with Crippen LogP contribution >= 0.6 is 11.8 Å². The number of hydrogen-bond acceptors (Lipinski definition) is 5. The molecule has 1 unspecified atom stereocenters. The molecular weight excluding hydrogens is 420 g/mol. The maximum atomic E-state index is 12.8. The van der Waals surface area contributed by atoms with E-state index in [9.17, 15) is 13.2 Å². The number of carbonyl (C=O) groups excluding carboxylic acids is 1. The number of para-hydroxylation sites is 1. The number of aromatic nitrogens is 2. The lowest BCUT2D eigenvalue weighted by molar-refractivity contribution is -0.115. The molecule has 0 saturated heterocycles. The summed E-state index contributed by atoms with van der Waals surface area (Å²) < 4.78 is 25.4. The summed E-state index contributed by atoms with van der Waals surface area (Å²) in [5.41, 5.74) is 4.20. The van der Waals surface area contributed by atoms with Gasteiger partial charge < -0.3 is 9.88 Å². The molecule has 0 spiro atoms. The van der Waals surface area contributed by atoms with Crippen molar-refractivity contribution in [1.82, 2.24) is 9.55 Å². The highest BCUT2D eigenvalue weighted by Gasteiger charge is 2.21. The van der Waals surface area contributed by atoms with Crippen molar-refractivity contribution in [2.75, 3.05) is 5.32 Å². The zero-order valence-corrected chi connectivity index (χ0v) is 19.1. The molecule has 30 heavy (non-hydrogen) atoms. The van der Waals surface area contributed by atoms with Crippen LogP contribution in [-0.4, -0.2) is 29.1 Å². The average Bonchev–Trinajstić information content (AvgIpc) is 3.00. The Morgan fingerprint density at radius 1 is 1.23 bits per heavy atom. The number of benzene rings is 2. The number of sulfonamides is 1. The Morgan fingerprint density at radius 2 is 1.90 bits per heavy atom. The molecule has 9 heteroatoms. The zero-order valence-electron chi connectivity index (χ0n) is 17.5. The number of nitrogens with two attached hydrogens (primary N) is 1. The van der Waals surface area contributed by atoms with Gasteiger partial charge in [0, 0.05) is 12.2 Å². The lowest BCUT2D eigenvalue weighted by atomic mass is 10.1. The Bertz CT molecular complexity index is 1180. The molecule has 2 aromatic carbocycles. The molecule has 160 valence electrons. The predicted molar refractivity (Wildman–Crippen MR) is 121 cm³/mol. The minimum atomic E-state index is -3.81. The van der Waals surface area contributed by atoms with E-state index in [0.29, 0.717) is 17.2 Å². The number of nitrogens with zero attached hydrogens (tertiary/aromatic N) is 2. The summed E-state index contributed by atoms with van der Waals surface area (Å²) in [6, 6.07) is 10.6. The van der Waals surface area contributed by atoms with Crippen LogP contribution in [0.5, 0.6) is 0 Å². The molecule has 1 amide bonds. The maximum absolute atomic E-state index is 12.8. The van der Waals surface area contributed by atoms with Gasteiger partial charge in [-0.15, -0.1) is 0 Å². The quantitative estimate of drug-likeness (QED) is 0.536. The van der Waals surface area contributed by atoms with Crippen LogP contribution in [0.25, 0.3) is 11.0 Å². The van der Waals surface area contributed by atoms with Crippen LogP contribution in [0.2, 0.25) is 0 Å². The third-order valence-corrected chi connectivity index (χ3v) is 6.84. The summed E-state index contributed by atoms with van der Waals surface area (Å²) in [6.45, 7) is 8.52. The maximum Gasteiger partial charge on any atom is 0.238 e. The molecule has 3 rings (SSSR count). The molecule has 0 bridgehead atoms. The molecule has 1 aromatic heterocycles. The van der Waals surface area contributed by atoms with Gasteiger partial charge in [0.05, 0.1) is 21.2 Å². The molecule has 0 radical (unpaired) electrons. The number of fused-ring (bicyclic) bond motifs is 1. The molecular formula is C21H26N4O3S2. The fourth-order valence-corrected chi connectivity index (χ4v) is 4.73. The van der Waals surface area contributed by atoms with E-state index in [0.717, 1.165) is 28.8 Å². The number of nitrogens with one attached hydrogen (secondary N) is 1. The number of carbonyl (C=O) groups is 1. The number of imidazole rings is 1. The van der Waals surface area contributed by atoms with Crippen LogP contribution in [0.3, 0.4) is 0 Å². The summed E-state index contributed by atoms with van der Waals surface area (Å²) >= 11 is 1.35. The molecule has 7 nitrogen and oxygen atoms in total. The second-order valence-corrected chi connectivity index (χ2v) is 10.1. The van der Waals surface area contributed by atoms with Crippen molar-refractivity contribution in [1.29, 1.82) is 0 Å². The molecule has 0 aliphatic carbocycles. The monoisotopic (exact) mass is 446 g/mol.